The largest absolute Gasteiger partial charge is 0.347 e. The zero-order valence-electron chi connectivity index (χ0n) is 11.3. The highest BCUT2D eigenvalue weighted by atomic mass is 79.9. The highest BCUT2D eigenvalue weighted by Crippen LogP contribution is 2.54. The Hall–Kier alpha value is -0.680. The van der Waals surface area contributed by atoms with E-state index in [2.05, 4.69) is 31.9 Å². The normalized spacial score (nSPS) is 12.4. The minimum absolute atomic E-state index is 0.709. The van der Waals surface area contributed by atoms with Crippen LogP contribution in [-0.4, -0.2) is 14.2 Å². The second-order valence-electron chi connectivity index (χ2n) is 4.33. The molecule has 2 rings (SSSR count). The van der Waals surface area contributed by atoms with Gasteiger partial charge in [0.25, 0.3) is 0 Å². The molecule has 0 saturated carbocycles. The standard InChI is InChI=1S/C16H16Br2O2/c1-19-16(20-2,14-11-7-4-8-12-14)15(17,18)13-9-5-3-6-10-13/h3-12H,1-2H3. The summed E-state index contributed by atoms with van der Waals surface area (Å²) in [6, 6.07) is 19.8. The molecule has 0 saturated heterocycles. The van der Waals surface area contributed by atoms with Crippen molar-refractivity contribution in [3.63, 3.8) is 0 Å². The maximum atomic E-state index is 5.78. The van der Waals surface area contributed by atoms with Crippen molar-refractivity contribution in [2.24, 2.45) is 0 Å². The molecular weight excluding hydrogens is 384 g/mol. The third-order valence-electron chi connectivity index (χ3n) is 3.28. The molecule has 0 aliphatic carbocycles. The Balaban J connectivity index is 2.59. The van der Waals surface area contributed by atoms with Crippen molar-refractivity contribution in [1.82, 2.24) is 0 Å². The molecule has 0 heterocycles. The van der Waals surface area contributed by atoms with Gasteiger partial charge in [0, 0.05) is 19.8 Å². The summed E-state index contributed by atoms with van der Waals surface area (Å²) in [7, 11) is 3.27. The van der Waals surface area contributed by atoms with Crippen LogP contribution < -0.4 is 0 Å². The SMILES string of the molecule is COC(OC)(c1ccccc1)C(Br)(Br)c1ccccc1. The molecule has 4 heteroatoms. The summed E-state index contributed by atoms with van der Waals surface area (Å²) >= 11 is 7.48. The first-order valence-electron chi connectivity index (χ1n) is 6.17. The van der Waals surface area contributed by atoms with Crippen LogP contribution in [0.15, 0.2) is 60.7 Å². The van der Waals surface area contributed by atoms with Crippen LogP contribution in [0.3, 0.4) is 0 Å². The van der Waals surface area contributed by atoms with E-state index in [1.165, 1.54) is 0 Å². The van der Waals surface area contributed by atoms with Crippen LogP contribution in [-0.2, 0) is 18.5 Å². The summed E-state index contributed by atoms with van der Waals surface area (Å²) in [5, 5.41) is 0. The Bertz CT molecular complexity index is 537. The number of ether oxygens (including phenoxy) is 2. The number of hydrogen-bond acceptors (Lipinski definition) is 2. The highest BCUT2D eigenvalue weighted by Gasteiger charge is 2.52. The van der Waals surface area contributed by atoms with E-state index in [0.29, 0.717) is 0 Å². The molecule has 106 valence electrons. The van der Waals surface area contributed by atoms with Gasteiger partial charge in [0.15, 0.2) is 3.23 Å². The van der Waals surface area contributed by atoms with E-state index in [-0.39, 0.29) is 0 Å². The van der Waals surface area contributed by atoms with Crippen molar-refractivity contribution < 1.29 is 9.47 Å². The predicted octanol–water partition coefficient (Wildman–Crippen LogP) is 4.78. The van der Waals surface area contributed by atoms with Gasteiger partial charge in [-0.3, -0.25) is 0 Å². The van der Waals surface area contributed by atoms with Crippen LogP contribution in [0.4, 0.5) is 0 Å². The summed E-state index contributed by atoms with van der Waals surface area (Å²) in [5.74, 6) is -0.990. The van der Waals surface area contributed by atoms with E-state index in [1.807, 2.05) is 60.7 Å². The molecule has 0 bridgehead atoms. The van der Waals surface area contributed by atoms with Crippen LogP contribution in [0.25, 0.3) is 0 Å². The van der Waals surface area contributed by atoms with E-state index in [9.17, 15) is 0 Å². The monoisotopic (exact) mass is 398 g/mol. The first-order chi connectivity index (χ1) is 9.58. The first-order valence-corrected chi connectivity index (χ1v) is 7.76. The molecule has 0 aliphatic rings. The maximum absolute atomic E-state index is 5.78. The fourth-order valence-electron chi connectivity index (χ4n) is 2.25. The van der Waals surface area contributed by atoms with Gasteiger partial charge in [-0.15, -0.1) is 0 Å². The van der Waals surface area contributed by atoms with Gasteiger partial charge >= 0.3 is 0 Å². The van der Waals surface area contributed by atoms with Gasteiger partial charge in [-0.05, 0) is 5.56 Å². The van der Waals surface area contributed by atoms with Gasteiger partial charge in [0.2, 0.25) is 5.79 Å². The lowest BCUT2D eigenvalue weighted by molar-refractivity contribution is -0.221. The summed E-state index contributed by atoms with van der Waals surface area (Å²) in [6.45, 7) is 0. The Morgan fingerprint density at radius 1 is 0.700 bits per heavy atom. The molecule has 0 atom stereocenters. The average molecular weight is 400 g/mol. The first kappa shape index (κ1) is 15.7. The summed E-state index contributed by atoms with van der Waals surface area (Å²) in [4.78, 5) is 0. The molecule has 2 aromatic rings. The second-order valence-corrected chi connectivity index (χ2v) is 7.77. The van der Waals surface area contributed by atoms with Crippen molar-refractivity contribution in [2.75, 3.05) is 14.2 Å². The van der Waals surface area contributed by atoms with Gasteiger partial charge < -0.3 is 9.47 Å². The second kappa shape index (κ2) is 6.39. The van der Waals surface area contributed by atoms with Crippen LogP contribution in [0.1, 0.15) is 11.1 Å². The fraction of sp³-hybridized carbons (Fsp3) is 0.250. The molecule has 0 unspecified atom stereocenters. The van der Waals surface area contributed by atoms with Crippen molar-refractivity contribution in [1.29, 1.82) is 0 Å². The molecule has 20 heavy (non-hydrogen) atoms. The number of hydrogen-bond donors (Lipinski definition) is 0. The number of alkyl halides is 2. The van der Waals surface area contributed by atoms with Gasteiger partial charge in [0.05, 0.1) is 0 Å². The Labute approximate surface area is 136 Å². The molecular formula is C16H16Br2O2. The average Bonchev–Trinajstić information content (AvgIpc) is 2.51. The van der Waals surface area contributed by atoms with Crippen molar-refractivity contribution >= 4 is 31.9 Å². The molecule has 2 aromatic carbocycles. The number of halogens is 2. The molecule has 0 spiro atoms. The Morgan fingerprint density at radius 2 is 1.10 bits per heavy atom. The molecule has 0 aliphatic heterocycles. The Kier molecular flexibility index (Phi) is 5.02. The van der Waals surface area contributed by atoms with Crippen LogP contribution >= 0.6 is 31.9 Å². The van der Waals surface area contributed by atoms with E-state index >= 15 is 0 Å². The van der Waals surface area contributed by atoms with Crippen molar-refractivity contribution in [3.05, 3.63) is 71.8 Å². The summed E-state index contributed by atoms with van der Waals surface area (Å²) < 4.78 is 10.8. The number of rotatable bonds is 5. The van der Waals surface area contributed by atoms with Crippen LogP contribution in [0.2, 0.25) is 0 Å². The van der Waals surface area contributed by atoms with Crippen molar-refractivity contribution in [3.8, 4) is 0 Å². The van der Waals surface area contributed by atoms with E-state index < -0.39 is 9.02 Å². The molecule has 0 aromatic heterocycles. The number of benzene rings is 2. The summed E-state index contributed by atoms with van der Waals surface area (Å²) in [6.07, 6.45) is 0. The minimum Gasteiger partial charge on any atom is -0.347 e. The molecule has 2 nitrogen and oxygen atoms in total. The quantitative estimate of drug-likeness (QED) is 0.532. The van der Waals surface area contributed by atoms with E-state index in [0.717, 1.165) is 11.1 Å². The molecule has 0 fully saturated rings. The molecule has 0 amide bonds. The topological polar surface area (TPSA) is 18.5 Å². The fourth-order valence-corrected chi connectivity index (χ4v) is 3.89. The Morgan fingerprint density at radius 3 is 1.50 bits per heavy atom. The lowest BCUT2D eigenvalue weighted by Crippen LogP contribution is -2.44. The van der Waals surface area contributed by atoms with Gasteiger partial charge in [-0.2, -0.15) is 0 Å². The van der Waals surface area contributed by atoms with E-state index in [4.69, 9.17) is 9.47 Å². The van der Waals surface area contributed by atoms with Crippen LogP contribution in [0.5, 0.6) is 0 Å². The van der Waals surface area contributed by atoms with Crippen molar-refractivity contribution in [2.45, 2.75) is 9.02 Å². The third kappa shape index (κ3) is 2.58. The lowest BCUT2D eigenvalue weighted by atomic mass is 9.97. The maximum Gasteiger partial charge on any atom is 0.224 e. The van der Waals surface area contributed by atoms with E-state index in [1.54, 1.807) is 14.2 Å². The molecule has 0 N–H and O–H groups in total. The smallest absolute Gasteiger partial charge is 0.224 e. The third-order valence-corrected chi connectivity index (χ3v) is 5.24. The van der Waals surface area contributed by atoms with Crippen LogP contribution in [0, 0.1) is 0 Å². The number of methoxy groups -OCH3 is 2. The zero-order chi connectivity index (χ0) is 14.6. The van der Waals surface area contributed by atoms with Gasteiger partial charge in [-0.1, -0.05) is 92.5 Å². The zero-order valence-corrected chi connectivity index (χ0v) is 14.5. The minimum atomic E-state index is -0.990. The predicted molar refractivity (Wildman–Crippen MR) is 88.1 cm³/mol. The lowest BCUT2D eigenvalue weighted by Gasteiger charge is -2.41. The molecule has 0 radical (unpaired) electrons. The van der Waals surface area contributed by atoms with Gasteiger partial charge in [0.1, 0.15) is 0 Å². The highest BCUT2D eigenvalue weighted by molar-refractivity contribution is 9.24. The summed E-state index contributed by atoms with van der Waals surface area (Å²) in [5.41, 5.74) is 1.93. The van der Waals surface area contributed by atoms with Gasteiger partial charge in [-0.25, -0.2) is 0 Å².